The second-order valence-electron chi connectivity index (χ2n) is 4.41. The minimum atomic E-state index is 0.257. The van der Waals surface area contributed by atoms with Crippen LogP contribution in [-0.4, -0.2) is 5.11 Å². The van der Waals surface area contributed by atoms with E-state index in [1.165, 1.54) is 10.4 Å². The van der Waals surface area contributed by atoms with Crippen LogP contribution in [-0.2, 0) is 0 Å². The van der Waals surface area contributed by atoms with Gasteiger partial charge in [-0.1, -0.05) is 72.0 Å². The number of hydrogen-bond acceptors (Lipinski definition) is 2. The first-order valence-electron chi connectivity index (χ1n) is 6.34. The summed E-state index contributed by atoms with van der Waals surface area (Å²) in [6.45, 7) is 0. The van der Waals surface area contributed by atoms with Crippen LogP contribution < -0.4 is 4.57 Å². The molecule has 2 aromatic carbocycles. The average molecular weight is 280 g/mol. The van der Waals surface area contributed by atoms with Gasteiger partial charge in [0.25, 0.3) is 0 Å². The van der Waals surface area contributed by atoms with Crippen LogP contribution in [0.1, 0.15) is 5.56 Å². The number of thiazole rings is 1. The van der Waals surface area contributed by atoms with Crippen molar-refractivity contribution in [2.24, 2.45) is 0 Å². The van der Waals surface area contributed by atoms with Crippen molar-refractivity contribution < 1.29 is 9.67 Å². The summed E-state index contributed by atoms with van der Waals surface area (Å²) in [7, 11) is 0. The number of rotatable bonds is 3. The molecule has 0 saturated carbocycles. The number of aliphatic hydroxyl groups excluding tert-OH is 1. The molecule has 0 aliphatic heterocycles. The van der Waals surface area contributed by atoms with Gasteiger partial charge in [0.15, 0.2) is 12.0 Å². The molecule has 1 N–H and O–H groups in total. The molecule has 0 atom stereocenters. The first-order chi connectivity index (χ1) is 9.83. The summed E-state index contributed by atoms with van der Waals surface area (Å²) in [6, 6.07) is 19.7. The van der Waals surface area contributed by atoms with Crippen LogP contribution in [0.25, 0.3) is 22.4 Å². The van der Waals surface area contributed by atoms with Gasteiger partial charge in [0.05, 0.1) is 0 Å². The summed E-state index contributed by atoms with van der Waals surface area (Å²) < 4.78 is 1.88. The highest BCUT2D eigenvalue weighted by molar-refractivity contribution is 7.12. The van der Waals surface area contributed by atoms with Crippen molar-refractivity contribution in [2.45, 2.75) is 0 Å². The van der Waals surface area contributed by atoms with Crippen LogP contribution >= 0.6 is 11.3 Å². The standard InChI is InChI=1S/C17H13NOS/c19-16(14-7-3-1-4-8-14)11-18-12-17(20-13-18)15-9-5-2-6-10-15/h1-13H/p+1/b16-11-. The molecule has 1 heterocycles. The van der Waals surface area contributed by atoms with Gasteiger partial charge in [0.2, 0.25) is 11.7 Å². The number of benzene rings is 2. The molecule has 3 heteroatoms. The first kappa shape index (κ1) is 12.6. The largest absolute Gasteiger partial charge is 0.502 e. The van der Waals surface area contributed by atoms with E-state index in [1.54, 1.807) is 17.5 Å². The molecule has 0 amide bonds. The van der Waals surface area contributed by atoms with Gasteiger partial charge in [-0.15, -0.1) is 0 Å². The molecule has 2 nitrogen and oxygen atoms in total. The smallest absolute Gasteiger partial charge is 0.230 e. The molecular weight excluding hydrogens is 266 g/mol. The van der Waals surface area contributed by atoms with Crippen molar-refractivity contribution in [3.8, 4) is 10.4 Å². The van der Waals surface area contributed by atoms with Gasteiger partial charge < -0.3 is 5.11 Å². The minimum Gasteiger partial charge on any atom is -0.502 e. The van der Waals surface area contributed by atoms with Gasteiger partial charge >= 0.3 is 0 Å². The number of nitrogens with zero attached hydrogens (tertiary/aromatic N) is 1. The summed E-state index contributed by atoms with van der Waals surface area (Å²) in [6.07, 6.45) is 3.73. The van der Waals surface area contributed by atoms with Gasteiger partial charge in [-0.2, -0.15) is 4.57 Å². The monoisotopic (exact) mass is 280 g/mol. The van der Waals surface area contributed by atoms with Gasteiger partial charge in [-0.25, -0.2) is 0 Å². The molecule has 0 spiro atoms. The molecule has 0 aliphatic carbocycles. The van der Waals surface area contributed by atoms with Crippen molar-refractivity contribution in [3.63, 3.8) is 0 Å². The van der Waals surface area contributed by atoms with Crippen molar-refractivity contribution in [1.82, 2.24) is 0 Å². The molecule has 0 bridgehead atoms. The van der Waals surface area contributed by atoms with Crippen LogP contribution in [0.3, 0.4) is 0 Å². The fourth-order valence-electron chi connectivity index (χ4n) is 1.95. The minimum absolute atomic E-state index is 0.257. The van der Waals surface area contributed by atoms with E-state index in [0.29, 0.717) is 0 Å². The Morgan fingerprint density at radius 1 is 0.950 bits per heavy atom. The van der Waals surface area contributed by atoms with E-state index in [2.05, 4.69) is 12.1 Å². The lowest BCUT2D eigenvalue weighted by Crippen LogP contribution is -2.21. The number of hydrogen-bond donors (Lipinski definition) is 1. The predicted molar refractivity (Wildman–Crippen MR) is 83.2 cm³/mol. The molecule has 20 heavy (non-hydrogen) atoms. The van der Waals surface area contributed by atoms with Crippen LogP contribution in [0.15, 0.2) is 72.4 Å². The van der Waals surface area contributed by atoms with Crippen molar-refractivity contribution in [3.05, 3.63) is 77.9 Å². The summed E-state index contributed by atoms with van der Waals surface area (Å²) >= 11 is 1.65. The SMILES string of the molecule is O/C(=C\[n+]1csc(-c2ccccc2)c1)c1ccccc1. The van der Waals surface area contributed by atoms with E-state index in [4.69, 9.17) is 0 Å². The van der Waals surface area contributed by atoms with Crippen molar-refractivity contribution in [1.29, 1.82) is 0 Å². The summed E-state index contributed by atoms with van der Waals surface area (Å²) in [5, 5.41) is 10.1. The highest BCUT2D eigenvalue weighted by atomic mass is 32.1. The van der Waals surface area contributed by atoms with E-state index >= 15 is 0 Å². The van der Waals surface area contributed by atoms with E-state index in [9.17, 15) is 5.11 Å². The quantitative estimate of drug-likeness (QED) is 0.564. The Labute approximate surface area is 121 Å². The Balaban J connectivity index is 1.88. The van der Waals surface area contributed by atoms with Crippen LogP contribution in [0.4, 0.5) is 0 Å². The third kappa shape index (κ3) is 2.78. The van der Waals surface area contributed by atoms with E-state index in [0.717, 1.165) is 5.56 Å². The number of aliphatic hydroxyl groups is 1. The second kappa shape index (κ2) is 5.72. The van der Waals surface area contributed by atoms with Gasteiger partial charge in [-0.05, 0) is 5.56 Å². The van der Waals surface area contributed by atoms with Gasteiger partial charge in [0, 0.05) is 5.56 Å². The lowest BCUT2D eigenvalue weighted by Gasteiger charge is -1.95. The zero-order valence-electron chi connectivity index (χ0n) is 10.8. The molecule has 98 valence electrons. The topological polar surface area (TPSA) is 24.1 Å². The van der Waals surface area contributed by atoms with Gasteiger partial charge in [0.1, 0.15) is 4.88 Å². The van der Waals surface area contributed by atoms with Crippen LogP contribution in [0.2, 0.25) is 0 Å². The Morgan fingerprint density at radius 2 is 1.60 bits per heavy atom. The zero-order chi connectivity index (χ0) is 13.8. The maximum Gasteiger partial charge on any atom is 0.230 e. The summed E-state index contributed by atoms with van der Waals surface area (Å²) in [5.41, 5.74) is 3.97. The molecular formula is C17H14NOS+. The Bertz CT molecular complexity index is 717. The van der Waals surface area contributed by atoms with Gasteiger partial charge in [-0.3, -0.25) is 0 Å². The van der Waals surface area contributed by atoms with E-state index in [1.807, 2.05) is 64.8 Å². The molecule has 3 rings (SSSR count). The third-order valence-corrected chi connectivity index (χ3v) is 3.91. The lowest BCUT2D eigenvalue weighted by atomic mass is 10.2. The molecule has 1 aromatic heterocycles. The Kier molecular flexibility index (Phi) is 3.61. The molecule has 0 radical (unpaired) electrons. The number of aromatic nitrogens is 1. The third-order valence-electron chi connectivity index (χ3n) is 2.97. The van der Waals surface area contributed by atoms with E-state index in [-0.39, 0.29) is 5.76 Å². The molecule has 0 saturated heterocycles. The first-order valence-corrected chi connectivity index (χ1v) is 7.22. The Morgan fingerprint density at radius 3 is 2.30 bits per heavy atom. The van der Waals surface area contributed by atoms with Crippen molar-refractivity contribution >= 4 is 23.3 Å². The van der Waals surface area contributed by atoms with Crippen molar-refractivity contribution in [2.75, 3.05) is 0 Å². The summed E-state index contributed by atoms with van der Waals surface area (Å²) in [4.78, 5) is 1.17. The molecule has 0 unspecified atom stereocenters. The zero-order valence-corrected chi connectivity index (χ0v) is 11.6. The fraction of sp³-hybridized carbons (Fsp3) is 0. The normalized spacial score (nSPS) is 11.5. The highest BCUT2D eigenvalue weighted by Gasteiger charge is 2.09. The van der Waals surface area contributed by atoms with E-state index < -0.39 is 0 Å². The highest BCUT2D eigenvalue weighted by Crippen LogP contribution is 2.22. The molecule has 0 fully saturated rings. The predicted octanol–water partition coefficient (Wildman–Crippen LogP) is 4.22. The lowest BCUT2D eigenvalue weighted by molar-refractivity contribution is -0.561. The fourth-order valence-corrected chi connectivity index (χ4v) is 2.76. The molecule has 3 aromatic rings. The second-order valence-corrected chi connectivity index (χ2v) is 5.30. The summed E-state index contributed by atoms with van der Waals surface area (Å²) in [5.74, 6) is 0.257. The Hall–Kier alpha value is -2.39. The van der Waals surface area contributed by atoms with Crippen LogP contribution in [0.5, 0.6) is 0 Å². The molecule has 0 aliphatic rings. The maximum atomic E-state index is 10.1. The maximum absolute atomic E-state index is 10.1. The van der Waals surface area contributed by atoms with Crippen LogP contribution in [0, 0.1) is 0 Å². The average Bonchev–Trinajstić information content (AvgIpc) is 2.97.